The Morgan fingerprint density at radius 2 is 1.84 bits per heavy atom. The Morgan fingerprint density at radius 3 is 2.52 bits per heavy atom. The van der Waals surface area contributed by atoms with Crippen molar-refractivity contribution in [1.29, 1.82) is 0 Å². The maximum Gasteiger partial charge on any atom is 0.159 e. The van der Waals surface area contributed by atoms with Crippen LogP contribution in [0.25, 0.3) is 22.0 Å². The Morgan fingerprint density at radius 1 is 1.08 bits per heavy atom. The number of methoxy groups -OCH3 is 1. The van der Waals surface area contributed by atoms with Gasteiger partial charge in [0.1, 0.15) is 11.4 Å². The molecule has 2 heterocycles. The molecule has 0 spiro atoms. The summed E-state index contributed by atoms with van der Waals surface area (Å²) in [6.07, 6.45) is 0.993. The van der Waals surface area contributed by atoms with Crippen molar-refractivity contribution in [3.05, 3.63) is 48.5 Å². The molecule has 2 aromatic carbocycles. The first-order valence-electron chi connectivity index (χ1n) is 8.56. The molecule has 5 nitrogen and oxygen atoms in total. The highest BCUT2D eigenvalue weighted by atomic mass is 16.5. The average Bonchev–Trinajstić information content (AvgIpc) is 3.16. The Labute approximate surface area is 146 Å². The lowest BCUT2D eigenvalue weighted by atomic mass is 10.0. The van der Waals surface area contributed by atoms with Gasteiger partial charge in [-0.15, -0.1) is 10.2 Å². The molecule has 0 amide bonds. The van der Waals surface area contributed by atoms with E-state index in [9.17, 15) is 5.11 Å². The van der Waals surface area contributed by atoms with Crippen LogP contribution < -0.4 is 9.64 Å². The molecule has 1 aromatic heterocycles. The van der Waals surface area contributed by atoms with Gasteiger partial charge in [0.05, 0.1) is 7.11 Å². The van der Waals surface area contributed by atoms with Crippen molar-refractivity contribution >= 4 is 16.6 Å². The largest absolute Gasteiger partial charge is 0.497 e. The molecule has 0 bridgehead atoms. The summed E-state index contributed by atoms with van der Waals surface area (Å²) in [7, 11) is 1.66. The van der Waals surface area contributed by atoms with Gasteiger partial charge < -0.3 is 14.7 Å². The van der Waals surface area contributed by atoms with Crippen LogP contribution in [0.5, 0.6) is 5.75 Å². The van der Waals surface area contributed by atoms with E-state index < -0.39 is 0 Å². The van der Waals surface area contributed by atoms with E-state index in [0.29, 0.717) is 5.92 Å². The molecule has 1 fully saturated rings. The van der Waals surface area contributed by atoms with Crippen LogP contribution in [0.4, 0.5) is 5.82 Å². The van der Waals surface area contributed by atoms with E-state index in [1.165, 1.54) is 0 Å². The lowest BCUT2D eigenvalue weighted by molar-refractivity contribution is 0.238. The zero-order valence-corrected chi connectivity index (χ0v) is 14.2. The monoisotopic (exact) mass is 335 g/mol. The normalized spacial score (nSPS) is 17.2. The number of rotatable bonds is 4. The lowest BCUT2D eigenvalue weighted by Crippen LogP contribution is -2.22. The highest BCUT2D eigenvalue weighted by molar-refractivity contribution is 6.00. The van der Waals surface area contributed by atoms with E-state index in [-0.39, 0.29) is 6.61 Å². The molecular weight excluding hydrogens is 314 g/mol. The van der Waals surface area contributed by atoms with E-state index in [2.05, 4.69) is 27.2 Å². The van der Waals surface area contributed by atoms with E-state index >= 15 is 0 Å². The Kier molecular flexibility index (Phi) is 4.24. The molecule has 1 aliphatic rings. The van der Waals surface area contributed by atoms with E-state index in [4.69, 9.17) is 4.74 Å². The molecule has 3 aromatic rings. The summed E-state index contributed by atoms with van der Waals surface area (Å²) in [5, 5.41) is 20.7. The van der Waals surface area contributed by atoms with Gasteiger partial charge >= 0.3 is 0 Å². The van der Waals surface area contributed by atoms with Crippen LogP contribution in [0.15, 0.2) is 48.5 Å². The Hall–Kier alpha value is -2.66. The smallest absolute Gasteiger partial charge is 0.159 e. The second-order valence-electron chi connectivity index (χ2n) is 6.43. The van der Waals surface area contributed by atoms with Gasteiger partial charge in [-0.2, -0.15) is 0 Å². The fourth-order valence-corrected chi connectivity index (χ4v) is 3.46. The van der Waals surface area contributed by atoms with Crippen molar-refractivity contribution in [3.8, 4) is 17.0 Å². The van der Waals surface area contributed by atoms with Gasteiger partial charge in [-0.1, -0.05) is 24.3 Å². The average molecular weight is 335 g/mol. The van der Waals surface area contributed by atoms with Crippen molar-refractivity contribution in [3.63, 3.8) is 0 Å². The minimum atomic E-state index is 0.228. The third-order valence-corrected chi connectivity index (χ3v) is 4.87. The number of aliphatic hydroxyl groups is 1. The summed E-state index contributed by atoms with van der Waals surface area (Å²) in [6.45, 7) is 1.97. The first-order valence-corrected chi connectivity index (χ1v) is 8.56. The zero-order valence-electron chi connectivity index (χ0n) is 14.2. The highest BCUT2D eigenvalue weighted by Gasteiger charge is 2.25. The quantitative estimate of drug-likeness (QED) is 0.794. The van der Waals surface area contributed by atoms with Gasteiger partial charge in [-0.25, -0.2) is 0 Å². The van der Waals surface area contributed by atoms with Crippen LogP contribution in [0, 0.1) is 5.92 Å². The minimum Gasteiger partial charge on any atom is -0.497 e. The Balaban J connectivity index is 1.79. The number of nitrogens with zero attached hydrogens (tertiary/aromatic N) is 3. The van der Waals surface area contributed by atoms with Gasteiger partial charge in [-0.3, -0.25) is 0 Å². The number of hydrogen-bond donors (Lipinski definition) is 1. The van der Waals surface area contributed by atoms with Crippen LogP contribution in [0.3, 0.4) is 0 Å². The Bertz CT molecular complexity index is 880. The molecule has 1 aliphatic heterocycles. The zero-order chi connectivity index (χ0) is 17.2. The summed E-state index contributed by atoms with van der Waals surface area (Å²) in [4.78, 5) is 2.23. The van der Waals surface area contributed by atoms with Gasteiger partial charge in [0.15, 0.2) is 5.82 Å². The molecule has 1 saturated heterocycles. The topological polar surface area (TPSA) is 58.5 Å². The molecule has 0 saturated carbocycles. The summed E-state index contributed by atoms with van der Waals surface area (Å²) in [5.74, 6) is 2.05. The second-order valence-corrected chi connectivity index (χ2v) is 6.43. The van der Waals surface area contributed by atoms with E-state index in [1.807, 2.05) is 36.4 Å². The fraction of sp³-hybridized carbons (Fsp3) is 0.300. The summed E-state index contributed by atoms with van der Waals surface area (Å²) in [5.41, 5.74) is 1.89. The molecule has 1 N–H and O–H groups in total. The number of hydrogen-bond acceptors (Lipinski definition) is 5. The predicted octanol–water partition coefficient (Wildman–Crippen LogP) is 3.12. The van der Waals surface area contributed by atoms with Crippen LogP contribution in [0.1, 0.15) is 6.42 Å². The SMILES string of the molecule is COc1ccc(-c2nnc(N3CCC(CO)C3)c3ccccc23)cc1. The number of aliphatic hydroxyl groups excluding tert-OH is 1. The molecule has 5 heteroatoms. The first-order chi connectivity index (χ1) is 12.3. The molecule has 128 valence electrons. The highest BCUT2D eigenvalue weighted by Crippen LogP contribution is 2.33. The maximum absolute atomic E-state index is 9.41. The van der Waals surface area contributed by atoms with Crippen molar-refractivity contribution in [2.45, 2.75) is 6.42 Å². The molecule has 1 unspecified atom stereocenters. The van der Waals surface area contributed by atoms with Crippen LogP contribution >= 0.6 is 0 Å². The molecule has 0 aliphatic carbocycles. The fourth-order valence-electron chi connectivity index (χ4n) is 3.46. The summed E-state index contributed by atoms with van der Waals surface area (Å²) >= 11 is 0. The van der Waals surface area contributed by atoms with E-state index in [1.54, 1.807) is 7.11 Å². The number of aromatic nitrogens is 2. The second kappa shape index (κ2) is 6.69. The summed E-state index contributed by atoms with van der Waals surface area (Å²) in [6, 6.07) is 16.1. The molecular formula is C20H21N3O2. The third kappa shape index (κ3) is 2.91. The molecule has 4 rings (SSSR count). The van der Waals surface area contributed by atoms with Crippen molar-refractivity contribution in [2.24, 2.45) is 5.92 Å². The van der Waals surface area contributed by atoms with Crippen LogP contribution in [0.2, 0.25) is 0 Å². The number of fused-ring (bicyclic) bond motifs is 1. The molecule has 1 atom stereocenters. The number of anilines is 1. The van der Waals surface area contributed by atoms with Crippen molar-refractivity contribution in [1.82, 2.24) is 10.2 Å². The van der Waals surface area contributed by atoms with Gasteiger partial charge in [-0.05, 0) is 30.7 Å². The van der Waals surface area contributed by atoms with Gasteiger partial charge in [0.2, 0.25) is 0 Å². The van der Waals surface area contributed by atoms with Crippen molar-refractivity contribution in [2.75, 3.05) is 31.7 Å². The maximum atomic E-state index is 9.41. The standard InChI is InChI=1S/C20H21N3O2/c1-25-16-8-6-15(7-9-16)19-17-4-2-3-5-18(17)20(22-21-19)23-11-10-14(12-23)13-24/h2-9,14,24H,10-13H2,1H3. The van der Waals surface area contributed by atoms with Gasteiger partial charge in [0.25, 0.3) is 0 Å². The van der Waals surface area contributed by atoms with E-state index in [0.717, 1.165) is 53.1 Å². The van der Waals surface area contributed by atoms with Crippen molar-refractivity contribution < 1.29 is 9.84 Å². The molecule has 0 radical (unpaired) electrons. The first kappa shape index (κ1) is 15.8. The number of ether oxygens (including phenoxy) is 1. The minimum absolute atomic E-state index is 0.228. The third-order valence-electron chi connectivity index (χ3n) is 4.87. The number of benzene rings is 2. The van der Waals surface area contributed by atoms with Crippen LogP contribution in [-0.2, 0) is 0 Å². The predicted molar refractivity (Wildman–Crippen MR) is 98.9 cm³/mol. The lowest BCUT2D eigenvalue weighted by Gasteiger charge is -2.19. The van der Waals surface area contributed by atoms with Crippen LogP contribution in [-0.4, -0.2) is 42.1 Å². The molecule has 25 heavy (non-hydrogen) atoms. The van der Waals surface area contributed by atoms with Gasteiger partial charge in [0, 0.05) is 42.0 Å². The summed E-state index contributed by atoms with van der Waals surface area (Å²) < 4.78 is 5.24.